The number of hydrogen-bond donors (Lipinski definition) is 2. The SMILES string of the molecule is C=C(CCC)c1cc(N)cc(N)c1. The summed E-state index contributed by atoms with van der Waals surface area (Å²) in [7, 11) is 0. The fraction of sp³-hybridized carbons (Fsp3) is 0.273. The summed E-state index contributed by atoms with van der Waals surface area (Å²) in [6.07, 6.45) is 2.08. The van der Waals surface area contributed by atoms with Gasteiger partial charge in [-0.05, 0) is 35.8 Å². The lowest BCUT2D eigenvalue weighted by Crippen LogP contribution is -1.93. The highest BCUT2D eigenvalue weighted by atomic mass is 14.6. The molecule has 4 N–H and O–H groups in total. The van der Waals surface area contributed by atoms with Gasteiger partial charge in [0, 0.05) is 11.4 Å². The maximum atomic E-state index is 5.67. The zero-order valence-corrected chi connectivity index (χ0v) is 8.01. The van der Waals surface area contributed by atoms with Crippen molar-refractivity contribution in [2.75, 3.05) is 11.5 Å². The molecule has 1 aromatic carbocycles. The minimum Gasteiger partial charge on any atom is -0.399 e. The molecular formula is C11H16N2. The number of rotatable bonds is 3. The van der Waals surface area contributed by atoms with Crippen molar-refractivity contribution in [3.63, 3.8) is 0 Å². The molecule has 0 spiro atoms. The molecule has 0 aliphatic heterocycles. The second-order valence-corrected chi connectivity index (χ2v) is 3.24. The standard InChI is InChI=1S/C11H16N2/c1-3-4-8(2)9-5-10(12)7-11(13)6-9/h5-7H,2-4,12-13H2,1H3. The first-order valence-corrected chi connectivity index (χ1v) is 4.47. The van der Waals surface area contributed by atoms with E-state index >= 15 is 0 Å². The van der Waals surface area contributed by atoms with Crippen LogP contribution in [0.5, 0.6) is 0 Å². The van der Waals surface area contributed by atoms with Crippen LogP contribution >= 0.6 is 0 Å². The van der Waals surface area contributed by atoms with E-state index in [9.17, 15) is 0 Å². The number of nitrogens with two attached hydrogens (primary N) is 2. The van der Waals surface area contributed by atoms with Gasteiger partial charge < -0.3 is 11.5 Å². The van der Waals surface area contributed by atoms with Crippen molar-refractivity contribution < 1.29 is 0 Å². The van der Waals surface area contributed by atoms with E-state index in [1.165, 1.54) is 0 Å². The number of nitrogen functional groups attached to an aromatic ring is 2. The Kier molecular flexibility index (Phi) is 2.96. The average molecular weight is 176 g/mol. The molecule has 0 unspecified atom stereocenters. The van der Waals surface area contributed by atoms with Gasteiger partial charge in [0.2, 0.25) is 0 Å². The summed E-state index contributed by atoms with van der Waals surface area (Å²) in [5, 5.41) is 0. The molecule has 1 aromatic rings. The lowest BCUT2D eigenvalue weighted by atomic mass is 10.0. The minimum absolute atomic E-state index is 0.701. The fourth-order valence-electron chi connectivity index (χ4n) is 1.33. The third-order valence-corrected chi connectivity index (χ3v) is 1.94. The maximum absolute atomic E-state index is 5.67. The smallest absolute Gasteiger partial charge is 0.0340 e. The molecule has 0 amide bonds. The molecule has 2 heteroatoms. The van der Waals surface area contributed by atoms with Crippen LogP contribution in [0.3, 0.4) is 0 Å². The lowest BCUT2D eigenvalue weighted by molar-refractivity contribution is 0.975. The minimum atomic E-state index is 0.701. The van der Waals surface area contributed by atoms with E-state index < -0.39 is 0 Å². The first-order valence-electron chi connectivity index (χ1n) is 4.47. The first kappa shape index (κ1) is 9.65. The summed E-state index contributed by atoms with van der Waals surface area (Å²) in [5.74, 6) is 0. The molecule has 0 aliphatic carbocycles. The summed E-state index contributed by atoms with van der Waals surface area (Å²) in [4.78, 5) is 0. The van der Waals surface area contributed by atoms with Gasteiger partial charge in [0.05, 0.1) is 0 Å². The summed E-state index contributed by atoms with van der Waals surface area (Å²) < 4.78 is 0. The van der Waals surface area contributed by atoms with Crippen LogP contribution in [0.25, 0.3) is 5.57 Å². The molecule has 2 nitrogen and oxygen atoms in total. The Hall–Kier alpha value is -1.44. The Bertz CT molecular complexity index is 296. The van der Waals surface area contributed by atoms with Crippen LogP contribution < -0.4 is 11.5 Å². The Labute approximate surface area is 79.2 Å². The lowest BCUT2D eigenvalue weighted by Gasteiger charge is -2.06. The van der Waals surface area contributed by atoms with Gasteiger partial charge >= 0.3 is 0 Å². The van der Waals surface area contributed by atoms with Crippen molar-refractivity contribution in [2.45, 2.75) is 19.8 Å². The van der Waals surface area contributed by atoms with E-state index in [0.29, 0.717) is 11.4 Å². The van der Waals surface area contributed by atoms with Crippen LogP contribution in [0.4, 0.5) is 11.4 Å². The van der Waals surface area contributed by atoms with Gasteiger partial charge in [-0.25, -0.2) is 0 Å². The molecule has 0 saturated heterocycles. The zero-order valence-electron chi connectivity index (χ0n) is 8.01. The zero-order chi connectivity index (χ0) is 9.84. The third kappa shape index (κ3) is 2.51. The molecule has 0 heterocycles. The highest BCUT2D eigenvalue weighted by Gasteiger charge is 1.99. The molecule has 0 atom stereocenters. The van der Waals surface area contributed by atoms with Gasteiger partial charge in [0.25, 0.3) is 0 Å². The number of hydrogen-bond acceptors (Lipinski definition) is 2. The average Bonchev–Trinajstić information content (AvgIpc) is 2.03. The van der Waals surface area contributed by atoms with E-state index in [2.05, 4.69) is 13.5 Å². The first-order chi connectivity index (χ1) is 6.13. The highest BCUT2D eigenvalue weighted by molar-refractivity contribution is 5.70. The molecule has 0 aliphatic rings. The summed E-state index contributed by atoms with van der Waals surface area (Å²) in [6.45, 7) is 6.11. The number of allylic oxidation sites excluding steroid dienone is 1. The predicted octanol–water partition coefficient (Wildman–Crippen LogP) is 2.66. The summed E-state index contributed by atoms with van der Waals surface area (Å²) >= 11 is 0. The van der Waals surface area contributed by atoms with Crippen LogP contribution in [0.1, 0.15) is 25.3 Å². The molecule has 0 bridgehead atoms. The van der Waals surface area contributed by atoms with Crippen LogP contribution in [-0.4, -0.2) is 0 Å². The molecule has 70 valence electrons. The van der Waals surface area contributed by atoms with Crippen LogP contribution in [0.15, 0.2) is 24.8 Å². The molecule has 0 radical (unpaired) electrons. The second-order valence-electron chi connectivity index (χ2n) is 3.24. The molecule has 0 saturated carbocycles. The topological polar surface area (TPSA) is 52.0 Å². The van der Waals surface area contributed by atoms with E-state index in [1.807, 2.05) is 12.1 Å². The van der Waals surface area contributed by atoms with Crippen molar-refractivity contribution in [3.8, 4) is 0 Å². The van der Waals surface area contributed by atoms with Crippen molar-refractivity contribution in [2.24, 2.45) is 0 Å². The Balaban J connectivity index is 2.94. The van der Waals surface area contributed by atoms with Crippen molar-refractivity contribution >= 4 is 16.9 Å². The van der Waals surface area contributed by atoms with E-state index in [1.54, 1.807) is 6.07 Å². The predicted molar refractivity (Wildman–Crippen MR) is 59.2 cm³/mol. The van der Waals surface area contributed by atoms with Gasteiger partial charge in [-0.2, -0.15) is 0 Å². The van der Waals surface area contributed by atoms with Gasteiger partial charge in [-0.15, -0.1) is 0 Å². The van der Waals surface area contributed by atoms with Crippen molar-refractivity contribution in [1.29, 1.82) is 0 Å². The Morgan fingerprint density at radius 1 is 1.23 bits per heavy atom. The quantitative estimate of drug-likeness (QED) is 0.696. The highest BCUT2D eigenvalue weighted by Crippen LogP contribution is 2.22. The third-order valence-electron chi connectivity index (χ3n) is 1.94. The van der Waals surface area contributed by atoms with E-state index in [4.69, 9.17) is 11.5 Å². The Morgan fingerprint density at radius 3 is 2.23 bits per heavy atom. The van der Waals surface area contributed by atoms with Gasteiger partial charge in [0.1, 0.15) is 0 Å². The largest absolute Gasteiger partial charge is 0.399 e. The fourth-order valence-corrected chi connectivity index (χ4v) is 1.33. The van der Waals surface area contributed by atoms with Crippen LogP contribution in [-0.2, 0) is 0 Å². The summed E-state index contributed by atoms with van der Waals surface area (Å²) in [6, 6.07) is 5.57. The molecule has 1 rings (SSSR count). The van der Waals surface area contributed by atoms with Gasteiger partial charge in [0.15, 0.2) is 0 Å². The molecule has 0 aromatic heterocycles. The van der Waals surface area contributed by atoms with Crippen LogP contribution in [0, 0.1) is 0 Å². The van der Waals surface area contributed by atoms with Crippen LogP contribution in [0.2, 0.25) is 0 Å². The van der Waals surface area contributed by atoms with E-state index in [-0.39, 0.29) is 0 Å². The maximum Gasteiger partial charge on any atom is 0.0340 e. The van der Waals surface area contributed by atoms with Gasteiger partial charge in [-0.1, -0.05) is 19.9 Å². The molecule has 13 heavy (non-hydrogen) atoms. The van der Waals surface area contributed by atoms with Gasteiger partial charge in [-0.3, -0.25) is 0 Å². The Morgan fingerprint density at radius 2 is 1.77 bits per heavy atom. The van der Waals surface area contributed by atoms with E-state index in [0.717, 1.165) is 24.0 Å². The number of benzene rings is 1. The monoisotopic (exact) mass is 176 g/mol. The summed E-state index contributed by atoms with van der Waals surface area (Å²) in [5.41, 5.74) is 14.9. The number of anilines is 2. The normalized spacial score (nSPS) is 9.92. The van der Waals surface area contributed by atoms with Crippen molar-refractivity contribution in [1.82, 2.24) is 0 Å². The molecular weight excluding hydrogens is 160 g/mol. The van der Waals surface area contributed by atoms with Crippen molar-refractivity contribution in [3.05, 3.63) is 30.3 Å². The second kappa shape index (κ2) is 3.99. The molecule has 0 fully saturated rings.